The molecule has 21 heavy (non-hydrogen) atoms. The number of hydrogen-bond acceptors (Lipinski definition) is 5. The van der Waals surface area contributed by atoms with E-state index in [1.54, 1.807) is 12.3 Å². The van der Waals surface area contributed by atoms with Gasteiger partial charge in [0, 0.05) is 24.9 Å². The maximum atomic E-state index is 10.1. The van der Waals surface area contributed by atoms with Crippen LogP contribution < -0.4 is 5.32 Å². The van der Waals surface area contributed by atoms with E-state index in [0.717, 1.165) is 38.9 Å². The Morgan fingerprint density at radius 1 is 1.33 bits per heavy atom. The second-order valence-corrected chi connectivity index (χ2v) is 6.22. The molecule has 2 aliphatic rings. The zero-order chi connectivity index (χ0) is 14.7. The van der Waals surface area contributed by atoms with Gasteiger partial charge >= 0.3 is 0 Å². The predicted octanol–water partition coefficient (Wildman–Crippen LogP) is 2.37. The lowest BCUT2D eigenvalue weighted by Crippen LogP contribution is -2.45. The van der Waals surface area contributed by atoms with Gasteiger partial charge in [-0.25, -0.2) is 0 Å². The first-order chi connectivity index (χ1) is 10.2. The third kappa shape index (κ3) is 3.66. The number of hydrogen-bond donors (Lipinski definition) is 2. The lowest BCUT2D eigenvalue weighted by Gasteiger charge is -2.37. The highest BCUT2D eigenvalue weighted by atomic mass is 16.7. The Labute approximate surface area is 125 Å². The van der Waals surface area contributed by atoms with Gasteiger partial charge in [0.25, 0.3) is 0 Å². The van der Waals surface area contributed by atoms with Crippen molar-refractivity contribution in [1.82, 2.24) is 5.32 Å². The molecule has 1 spiro atoms. The van der Waals surface area contributed by atoms with E-state index >= 15 is 0 Å². The van der Waals surface area contributed by atoms with E-state index in [9.17, 15) is 5.11 Å². The minimum atomic E-state index is -0.543. The SMILES string of the molecule is C[C@H](C[C@@H](O)c1ccco1)NC1CCC2(CC1)OCCO2. The summed E-state index contributed by atoms with van der Waals surface area (Å²) in [5.74, 6) is 0.341. The van der Waals surface area contributed by atoms with Crippen molar-refractivity contribution < 1.29 is 19.0 Å². The summed E-state index contributed by atoms with van der Waals surface area (Å²) in [6.07, 6.45) is 5.73. The quantitative estimate of drug-likeness (QED) is 0.873. The van der Waals surface area contributed by atoms with Crippen LogP contribution in [0.5, 0.6) is 0 Å². The molecule has 1 saturated heterocycles. The number of aliphatic hydroxyl groups excluding tert-OH is 1. The molecule has 1 aliphatic heterocycles. The molecule has 0 bridgehead atoms. The molecule has 0 unspecified atom stereocenters. The van der Waals surface area contributed by atoms with Crippen LogP contribution in [0, 0.1) is 0 Å². The third-order valence-electron chi connectivity index (χ3n) is 4.53. The van der Waals surface area contributed by atoms with Crippen LogP contribution in [0.15, 0.2) is 22.8 Å². The molecule has 1 aromatic heterocycles. The van der Waals surface area contributed by atoms with Crippen molar-refractivity contribution >= 4 is 0 Å². The molecule has 2 heterocycles. The second kappa shape index (κ2) is 6.48. The molecule has 0 aromatic carbocycles. The Hall–Kier alpha value is -0.880. The van der Waals surface area contributed by atoms with Crippen molar-refractivity contribution in [1.29, 1.82) is 0 Å². The fourth-order valence-corrected chi connectivity index (χ4v) is 3.41. The summed E-state index contributed by atoms with van der Waals surface area (Å²) in [5, 5.41) is 13.7. The monoisotopic (exact) mass is 295 g/mol. The molecule has 1 saturated carbocycles. The van der Waals surface area contributed by atoms with E-state index in [-0.39, 0.29) is 11.8 Å². The molecular formula is C16H25NO4. The first-order valence-electron chi connectivity index (χ1n) is 7.92. The standard InChI is InChI=1S/C16H25NO4/c1-12(11-14(18)15-3-2-8-19-15)17-13-4-6-16(7-5-13)20-9-10-21-16/h2-3,8,12-14,17-18H,4-7,9-11H2,1H3/t12-,14-/m1/s1. The van der Waals surface area contributed by atoms with Crippen molar-refractivity contribution in [3.63, 3.8) is 0 Å². The molecule has 5 heteroatoms. The Bertz CT molecular complexity index is 417. The maximum Gasteiger partial charge on any atom is 0.168 e. The molecule has 2 atom stereocenters. The summed E-state index contributed by atoms with van der Waals surface area (Å²) in [4.78, 5) is 0. The van der Waals surface area contributed by atoms with Crippen LogP contribution in [0.2, 0.25) is 0 Å². The number of aliphatic hydroxyl groups is 1. The first-order valence-corrected chi connectivity index (χ1v) is 7.92. The van der Waals surface area contributed by atoms with Crippen LogP contribution >= 0.6 is 0 Å². The lowest BCUT2D eigenvalue weighted by molar-refractivity contribution is -0.179. The Morgan fingerprint density at radius 2 is 2.05 bits per heavy atom. The first kappa shape index (κ1) is 15.0. The molecular weight excluding hydrogens is 270 g/mol. The zero-order valence-corrected chi connectivity index (χ0v) is 12.6. The summed E-state index contributed by atoms with van der Waals surface area (Å²) >= 11 is 0. The highest BCUT2D eigenvalue weighted by Crippen LogP contribution is 2.36. The predicted molar refractivity (Wildman–Crippen MR) is 77.8 cm³/mol. The fourth-order valence-electron chi connectivity index (χ4n) is 3.41. The van der Waals surface area contributed by atoms with Gasteiger partial charge in [-0.3, -0.25) is 0 Å². The highest BCUT2D eigenvalue weighted by Gasteiger charge is 2.40. The van der Waals surface area contributed by atoms with Gasteiger partial charge in [0.2, 0.25) is 0 Å². The Morgan fingerprint density at radius 3 is 2.67 bits per heavy atom. The summed E-state index contributed by atoms with van der Waals surface area (Å²) in [6.45, 7) is 3.56. The van der Waals surface area contributed by atoms with Crippen LogP contribution in [-0.4, -0.2) is 36.2 Å². The topological polar surface area (TPSA) is 63.9 Å². The van der Waals surface area contributed by atoms with Gasteiger partial charge in [-0.05, 0) is 38.3 Å². The summed E-state index contributed by atoms with van der Waals surface area (Å²) < 4.78 is 16.7. The maximum absolute atomic E-state index is 10.1. The van der Waals surface area contributed by atoms with Gasteiger partial charge < -0.3 is 24.3 Å². The summed E-state index contributed by atoms with van der Waals surface area (Å²) in [7, 11) is 0. The summed E-state index contributed by atoms with van der Waals surface area (Å²) in [6, 6.07) is 4.34. The van der Waals surface area contributed by atoms with E-state index in [1.165, 1.54) is 0 Å². The van der Waals surface area contributed by atoms with E-state index in [4.69, 9.17) is 13.9 Å². The fraction of sp³-hybridized carbons (Fsp3) is 0.750. The van der Waals surface area contributed by atoms with Crippen LogP contribution in [0.1, 0.15) is 50.9 Å². The van der Waals surface area contributed by atoms with Crippen molar-refractivity contribution in [2.24, 2.45) is 0 Å². The lowest BCUT2D eigenvalue weighted by atomic mass is 9.89. The molecule has 0 amide bonds. The van der Waals surface area contributed by atoms with Crippen molar-refractivity contribution in [2.45, 2.75) is 63.0 Å². The number of rotatable bonds is 5. The number of ether oxygens (including phenoxy) is 2. The average Bonchev–Trinajstić information content (AvgIpc) is 3.14. The minimum Gasteiger partial charge on any atom is -0.467 e. The van der Waals surface area contributed by atoms with E-state index in [1.807, 2.05) is 6.07 Å². The molecule has 118 valence electrons. The van der Waals surface area contributed by atoms with Gasteiger partial charge in [0.1, 0.15) is 11.9 Å². The normalized spacial score (nSPS) is 25.2. The van der Waals surface area contributed by atoms with Crippen molar-refractivity contribution in [2.75, 3.05) is 13.2 Å². The van der Waals surface area contributed by atoms with Gasteiger partial charge in [-0.15, -0.1) is 0 Å². The second-order valence-electron chi connectivity index (χ2n) is 6.22. The van der Waals surface area contributed by atoms with E-state index in [2.05, 4.69) is 12.2 Å². The molecule has 1 aromatic rings. The van der Waals surface area contributed by atoms with Gasteiger partial charge in [-0.2, -0.15) is 0 Å². The van der Waals surface area contributed by atoms with Gasteiger partial charge in [-0.1, -0.05) is 0 Å². The Balaban J connectivity index is 1.42. The van der Waals surface area contributed by atoms with Crippen LogP contribution in [0.25, 0.3) is 0 Å². The zero-order valence-electron chi connectivity index (χ0n) is 12.6. The molecule has 2 N–H and O–H groups in total. The van der Waals surface area contributed by atoms with Crippen molar-refractivity contribution in [3.05, 3.63) is 24.2 Å². The smallest absolute Gasteiger partial charge is 0.168 e. The molecule has 1 aliphatic carbocycles. The van der Waals surface area contributed by atoms with E-state index < -0.39 is 6.10 Å². The Kier molecular flexibility index (Phi) is 4.64. The number of furan rings is 1. The third-order valence-corrected chi connectivity index (χ3v) is 4.53. The van der Waals surface area contributed by atoms with Crippen LogP contribution in [0.4, 0.5) is 0 Å². The highest BCUT2D eigenvalue weighted by molar-refractivity contribution is 5.02. The van der Waals surface area contributed by atoms with Gasteiger partial charge in [0.05, 0.1) is 19.5 Å². The van der Waals surface area contributed by atoms with Gasteiger partial charge in [0.15, 0.2) is 5.79 Å². The molecule has 2 fully saturated rings. The molecule has 3 rings (SSSR count). The molecule has 0 radical (unpaired) electrons. The molecule has 5 nitrogen and oxygen atoms in total. The number of nitrogens with one attached hydrogen (secondary N) is 1. The average molecular weight is 295 g/mol. The largest absolute Gasteiger partial charge is 0.467 e. The van der Waals surface area contributed by atoms with Crippen molar-refractivity contribution in [3.8, 4) is 0 Å². The van der Waals surface area contributed by atoms with Crippen LogP contribution in [0.3, 0.4) is 0 Å². The summed E-state index contributed by atoms with van der Waals surface area (Å²) in [5.41, 5.74) is 0. The van der Waals surface area contributed by atoms with Crippen LogP contribution in [-0.2, 0) is 9.47 Å². The minimum absolute atomic E-state index is 0.245. The van der Waals surface area contributed by atoms with E-state index in [0.29, 0.717) is 18.2 Å².